The van der Waals surface area contributed by atoms with Gasteiger partial charge >= 0.3 is 0 Å². The van der Waals surface area contributed by atoms with Crippen molar-refractivity contribution in [2.45, 2.75) is 50.3 Å². The highest BCUT2D eigenvalue weighted by Crippen LogP contribution is 2.40. The van der Waals surface area contributed by atoms with Crippen molar-refractivity contribution in [2.24, 2.45) is 0 Å². The lowest BCUT2D eigenvalue weighted by Gasteiger charge is -2.25. The molecule has 0 bridgehead atoms. The van der Waals surface area contributed by atoms with E-state index >= 15 is 0 Å². The molecule has 0 atom stereocenters. The number of hydrogen-bond acceptors (Lipinski definition) is 8. The Balaban J connectivity index is 1.73. The van der Waals surface area contributed by atoms with E-state index < -0.39 is 31.8 Å². The summed E-state index contributed by atoms with van der Waals surface area (Å²) >= 11 is 0. The molecule has 4 aromatic rings. The summed E-state index contributed by atoms with van der Waals surface area (Å²) in [5, 5.41) is 6.26. The maximum absolute atomic E-state index is 14.0. The molecule has 0 radical (unpaired) electrons. The van der Waals surface area contributed by atoms with Gasteiger partial charge in [0.15, 0.2) is 11.6 Å². The van der Waals surface area contributed by atoms with Crippen molar-refractivity contribution >= 4 is 54.6 Å². The Bertz CT molecular complexity index is 1950. The van der Waals surface area contributed by atoms with E-state index in [1.165, 1.54) is 26.0 Å². The van der Waals surface area contributed by atoms with Crippen molar-refractivity contribution in [1.29, 1.82) is 0 Å². The minimum Gasteiger partial charge on any atom is -0.355 e. The fourth-order valence-corrected chi connectivity index (χ4v) is 7.01. The highest BCUT2D eigenvalue weighted by atomic mass is 32.2. The van der Waals surface area contributed by atoms with Crippen LogP contribution in [0.4, 0.5) is 22.7 Å². The molecule has 0 heterocycles. The monoisotopic (exact) mass is 634 g/mol. The van der Waals surface area contributed by atoms with Gasteiger partial charge in [0.05, 0.1) is 32.3 Å². The predicted octanol–water partition coefficient (Wildman–Crippen LogP) is 6.18. The molecule has 0 aromatic heterocycles. The van der Waals surface area contributed by atoms with E-state index in [2.05, 4.69) is 10.6 Å². The molecular weight excluding hydrogens is 604 g/mol. The molecule has 4 aromatic carbocycles. The third-order valence-electron chi connectivity index (χ3n) is 7.83. The zero-order valence-electron chi connectivity index (χ0n) is 24.3. The van der Waals surface area contributed by atoms with Gasteiger partial charge in [-0.3, -0.25) is 18.7 Å². The molecule has 12 heteroatoms. The van der Waals surface area contributed by atoms with Gasteiger partial charge in [0.2, 0.25) is 0 Å². The van der Waals surface area contributed by atoms with E-state index in [-0.39, 0.29) is 54.5 Å². The summed E-state index contributed by atoms with van der Waals surface area (Å²) in [7, 11) is -9.11. The highest BCUT2D eigenvalue weighted by Gasteiger charge is 2.34. The van der Waals surface area contributed by atoms with E-state index in [9.17, 15) is 35.5 Å². The Morgan fingerprint density at radius 1 is 0.591 bits per heavy atom. The van der Waals surface area contributed by atoms with Gasteiger partial charge in [-0.25, -0.2) is 0 Å². The van der Waals surface area contributed by atoms with Crippen LogP contribution in [0.2, 0.25) is 0 Å². The van der Waals surface area contributed by atoms with E-state index in [0.29, 0.717) is 35.3 Å². The molecule has 0 spiro atoms. The summed E-state index contributed by atoms with van der Waals surface area (Å²) < 4.78 is 68.2. The number of anilines is 4. The van der Waals surface area contributed by atoms with Crippen molar-refractivity contribution in [2.75, 3.05) is 10.6 Å². The summed E-state index contributed by atoms with van der Waals surface area (Å²) in [5.74, 6) is -0.892. The molecule has 5 rings (SSSR count). The molecule has 1 aliphatic carbocycles. The fourth-order valence-electron chi connectivity index (χ4n) is 5.41. The Hall–Kier alpha value is -4.36. The minimum absolute atomic E-state index is 0.0349. The smallest absolute Gasteiger partial charge is 0.294 e. The highest BCUT2D eigenvalue weighted by molar-refractivity contribution is 7.86. The number of benzene rings is 4. The molecule has 0 amide bonds. The molecule has 0 fully saturated rings. The van der Waals surface area contributed by atoms with E-state index in [1.807, 2.05) is 13.8 Å². The van der Waals surface area contributed by atoms with Crippen LogP contribution < -0.4 is 10.6 Å². The van der Waals surface area contributed by atoms with Gasteiger partial charge in [0.25, 0.3) is 20.2 Å². The van der Waals surface area contributed by atoms with Crippen molar-refractivity contribution in [3.8, 4) is 0 Å². The molecular formula is C32H30N2O8S2. The van der Waals surface area contributed by atoms with Gasteiger partial charge in [0.1, 0.15) is 0 Å². The molecule has 10 nitrogen and oxygen atoms in total. The maximum atomic E-state index is 14.0. The largest absolute Gasteiger partial charge is 0.355 e. The summed E-state index contributed by atoms with van der Waals surface area (Å²) in [6.45, 7) is 6.69. The Labute approximate surface area is 255 Å². The molecule has 1 aliphatic rings. The molecule has 0 saturated heterocycles. The number of carbonyl (C=O) groups is 2. The Morgan fingerprint density at radius 3 is 1.27 bits per heavy atom. The molecule has 4 N–H and O–H groups in total. The van der Waals surface area contributed by atoms with Crippen LogP contribution in [0.15, 0.2) is 70.5 Å². The lowest BCUT2D eigenvalue weighted by Crippen LogP contribution is -2.23. The van der Waals surface area contributed by atoms with Crippen molar-refractivity contribution in [3.63, 3.8) is 0 Å². The summed E-state index contributed by atoms with van der Waals surface area (Å²) in [4.78, 5) is 27.4. The van der Waals surface area contributed by atoms with Crippen LogP contribution in [-0.2, 0) is 33.1 Å². The average molecular weight is 635 g/mol. The molecule has 0 unspecified atom stereocenters. The normalized spacial score (nSPS) is 13.0. The lowest BCUT2D eigenvalue weighted by atomic mass is 9.82. The number of rotatable bonds is 8. The van der Waals surface area contributed by atoms with Gasteiger partial charge < -0.3 is 10.6 Å². The predicted molar refractivity (Wildman–Crippen MR) is 167 cm³/mol. The Morgan fingerprint density at radius 2 is 0.955 bits per heavy atom. The summed E-state index contributed by atoms with van der Waals surface area (Å²) in [6, 6.07) is 15.7. The van der Waals surface area contributed by atoms with Gasteiger partial charge in [-0.15, -0.1) is 0 Å². The topological polar surface area (TPSA) is 167 Å². The second-order valence-electron chi connectivity index (χ2n) is 10.6. The first-order valence-corrected chi connectivity index (χ1v) is 16.6. The average Bonchev–Trinajstić information content (AvgIpc) is 2.97. The molecule has 0 aliphatic heterocycles. The fraction of sp³-hybridized carbons (Fsp3) is 0.188. The minimum atomic E-state index is -4.55. The first-order chi connectivity index (χ1) is 20.6. The maximum Gasteiger partial charge on any atom is 0.294 e. The van der Waals surface area contributed by atoms with E-state index in [0.717, 1.165) is 0 Å². The second-order valence-corrected chi connectivity index (χ2v) is 13.3. The number of nitrogens with one attached hydrogen (secondary N) is 2. The quantitative estimate of drug-likeness (QED) is 0.145. The standard InChI is InChI=1S/C32H30N2O8S2/c1-5-19-13-25(17(3)27(15-19)43(37,38)39)33-23-11-12-24(30-29(23)31(35)21-9-7-8-10-22(21)32(30)36)34-26-14-20(6-2)16-28(18(26)4)44(40,41)42/h7-16,33-34H,5-6H2,1-4H3,(H,37,38,39)(H,40,41,42). The zero-order chi connectivity index (χ0) is 32.1. The first kappa shape index (κ1) is 31.1. The molecule has 228 valence electrons. The van der Waals surface area contributed by atoms with Crippen LogP contribution in [0.25, 0.3) is 0 Å². The number of carbonyl (C=O) groups excluding carboxylic acids is 2. The van der Waals surface area contributed by atoms with Crippen LogP contribution >= 0.6 is 0 Å². The molecule has 0 saturated carbocycles. The van der Waals surface area contributed by atoms with Gasteiger partial charge in [0, 0.05) is 22.5 Å². The van der Waals surface area contributed by atoms with E-state index in [4.69, 9.17) is 0 Å². The van der Waals surface area contributed by atoms with Crippen molar-refractivity contribution in [3.05, 3.63) is 105 Å². The van der Waals surface area contributed by atoms with Gasteiger partial charge in [-0.2, -0.15) is 16.8 Å². The van der Waals surface area contributed by atoms with Gasteiger partial charge in [-0.1, -0.05) is 38.1 Å². The summed E-state index contributed by atoms with van der Waals surface area (Å²) in [6.07, 6.45) is 0.927. The number of aryl methyl sites for hydroxylation is 2. The lowest BCUT2D eigenvalue weighted by molar-refractivity contribution is 0.0980. The van der Waals surface area contributed by atoms with Crippen LogP contribution in [0.5, 0.6) is 0 Å². The number of fused-ring (bicyclic) bond motifs is 2. The number of ketones is 2. The zero-order valence-corrected chi connectivity index (χ0v) is 26.0. The second kappa shape index (κ2) is 11.3. The third-order valence-corrected chi connectivity index (χ3v) is 9.79. The van der Waals surface area contributed by atoms with Crippen LogP contribution in [0, 0.1) is 13.8 Å². The van der Waals surface area contributed by atoms with E-state index in [1.54, 1.807) is 48.5 Å². The van der Waals surface area contributed by atoms with Crippen LogP contribution in [0.1, 0.15) is 67.9 Å². The first-order valence-electron chi connectivity index (χ1n) is 13.8. The van der Waals surface area contributed by atoms with Crippen LogP contribution in [-0.4, -0.2) is 37.5 Å². The van der Waals surface area contributed by atoms with Crippen molar-refractivity contribution in [1.82, 2.24) is 0 Å². The van der Waals surface area contributed by atoms with Gasteiger partial charge in [-0.05, 0) is 85.3 Å². The molecule has 44 heavy (non-hydrogen) atoms. The Kier molecular flexibility index (Phi) is 7.97. The third kappa shape index (κ3) is 5.52. The number of hydrogen-bond donors (Lipinski definition) is 4. The SMILES string of the molecule is CCc1cc(Nc2ccc(Nc3cc(CC)cc(S(=O)(=O)O)c3C)c3c2C(=O)c2ccccc2C3=O)c(C)c(S(=O)(=O)O)c1. The van der Waals surface area contributed by atoms with Crippen molar-refractivity contribution < 1.29 is 35.5 Å². The summed E-state index contributed by atoms with van der Waals surface area (Å²) in [5.41, 5.74) is 3.24. The van der Waals surface area contributed by atoms with Crippen LogP contribution in [0.3, 0.4) is 0 Å².